The molecule has 5 amide bonds. The Bertz CT molecular complexity index is 1060. The third-order valence-electron chi connectivity index (χ3n) is 7.48. The van der Waals surface area contributed by atoms with Gasteiger partial charge in [-0.2, -0.15) is 0 Å². The van der Waals surface area contributed by atoms with Crippen molar-refractivity contribution in [3.63, 3.8) is 0 Å². The first-order valence-electron chi connectivity index (χ1n) is 14.2. The highest BCUT2D eigenvalue weighted by atomic mass is 16.3. The van der Waals surface area contributed by atoms with E-state index in [-0.39, 0.29) is 37.3 Å². The van der Waals surface area contributed by atoms with Gasteiger partial charge in [0.15, 0.2) is 0 Å². The fourth-order valence-electron chi connectivity index (χ4n) is 4.81. The Morgan fingerprint density at radius 1 is 0.950 bits per heavy atom. The normalized spacial score (nSPS) is 18.6. The van der Waals surface area contributed by atoms with Gasteiger partial charge in [-0.25, -0.2) is 4.98 Å². The highest BCUT2D eigenvalue weighted by Gasteiger charge is 2.33. The molecule has 0 aromatic carbocycles. The number of rotatable bonds is 14. The summed E-state index contributed by atoms with van der Waals surface area (Å²) < 4.78 is 0. The van der Waals surface area contributed by atoms with Gasteiger partial charge in [0.1, 0.15) is 17.8 Å². The van der Waals surface area contributed by atoms with Gasteiger partial charge in [0.2, 0.25) is 17.7 Å². The molecule has 13 heteroatoms. The van der Waals surface area contributed by atoms with Crippen LogP contribution in [0.3, 0.4) is 0 Å². The third kappa shape index (κ3) is 9.25. The van der Waals surface area contributed by atoms with E-state index in [1.165, 1.54) is 23.5 Å². The van der Waals surface area contributed by atoms with Crippen LogP contribution in [0.25, 0.3) is 0 Å². The Kier molecular flexibility index (Phi) is 10.4. The quantitative estimate of drug-likeness (QED) is 0.198. The number of aliphatic hydroxyl groups is 1. The minimum atomic E-state index is -1.37. The van der Waals surface area contributed by atoms with Crippen molar-refractivity contribution in [3.8, 4) is 0 Å². The van der Waals surface area contributed by atoms with E-state index in [2.05, 4.69) is 31.2 Å². The highest BCUT2D eigenvalue weighted by Crippen LogP contribution is 2.30. The number of carbonyl (C=O) groups is 5. The molecule has 3 saturated carbocycles. The summed E-state index contributed by atoms with van der Waals surface area (Å²) >= 11 is 0. The summed E-state index contributed by atoms with van der Waals surface area (Å²) in [5.41, 5.74) is 0.101. The van der Waals surface area contributed by atoms with Crippen molar-refractivity contribution >= 4 is 29.5 Å². The predicted octanol–water partition coefficient (Wildman–Crippen LogP) is -0.734. The van der Waals surface area contributed by atoms with Crippen LogP contribution in [-0.4, -0.2) is 93.9 Å². The van der Waals surface area contributed by atoms with Gasteiger partial charge < -0.3 is 31.3 Å². The number of carbonyl (C=O) groups excluding carboxylic acids is 5. The fraction of sp³-hybridized carbons (Fsp3) is 0.667. The second-order valence-corrected chi connectivity index (χ2v) is 11.0. The van der Waals surface area contributed by atoms with Crippen LogP contribution in [0.1, 0.15) is 68.3 Å². The van der Waals surface area contributed by atoms with E-state index < -0.39 is 41.7 Å². The smallest absolute Gasteiger partial charge is 0.272 e. The average Bonchev–Trinajstić information content (AvgIpc) is 3.91. The van der Waals surface area contributed by atoms with Crippen LogP contribution in [0.15, 0.2) is 18.6 Å². The van der Waals surface area contributed by atoms with E-state index in [0.717, 1.165) is 57.8 Å². The van der Waals surface area contributed by atoms with E-state index in [1.54, 1.807) is 0 Å². The van der Waals surface area contributed by atoms with Crippen molar-refractivity contribution in [2.24, 2.45) is 11.8 Å². The first kappa shape index (κ1) is 29.4. The molecule has 1 aromatic rings. The Morgan fingerprint density at radius 3 is 2.35 bits per heavy atom. The van der Waals surface area contributed by atoms with Crippen LogP contribution in [0, 0.1) is 11.8 Å². The van der Waals surface area contributed by atoms with Crippen LogP contribution < -0.4 is 21.3 Å². The zero-order valence-electron chi connectivity index (χ0n) is 22.6. The fourth-order valence-corrected chi connectivity index (χ4v) is 4.81. The lowest BCUT2D eigenvalue weighted by Crippen LogP contribution is -2.54. The van der Waals surface area contributed by atoms with Crippen LogP contribution in [0.4, 0.5) is 0 Å². The maximum absolute atomic E-state index is 13.2. The number of aromatic nitrogens is 2. The topological polar surface area (TPSA) is 183 Å². The molecule has 0 bridgehead atoms. The van der Waals surface area contributed by atoms with Crippen molar-refractivity contribution < 1.29 is 29.1 Å². The van der Waals surface area contributed by atoms with Crippen LogP contribution in [-0.2, 0) is 19.2 Å². The van der Waals surface area contributed by atoms with Gasteiger partial charge >= 0.3 is 0 Å². The number of hydrogen-bond donors (Lipinski definition) is 5. The first-order chi connectivity index (χ1) is 19.3. The van der Waals surface area contributed by atoms with Gasteiger partial charge in [-0.05, 0) is 50.4 Å². The van der Waals surface area contributed by atoms with Crippen molar-refractivity contribution in [1.82, 2.24) is 36.1 Å². The lowest BCUT2D eigenvalue weighted by Gasteiger charge is -2.30. The van der Waals surface area contributed by atoms with Gasteiger partial charge in [0.25, 0.3) is 11.8 Å². The molecule has 40 heavy (non-hydrogen) atoms. The second-order valence-electron chi connectivity index (χ2n) is 11.0. The molecule has 13 nitrogen and oxygen atoms in total. The minimum Gasteiger partial charge on any atom is -0.381 e. The highest BCUT2D eigenvalue weighted by molar-refractivity contribution is 5.97. The second kappa shape index (κ2) is 14.1. The molecule has 3 aliphatic carbocycles. The van der Waals surface area contributed by atoms with Gasteiger partial charge in [-0.3, -0.25) is 29.0 Å². The molecule has 5 N–H and O–H groups in total. The Balaban J connectivity index is 1.30. The molecule has 3 aliphatic rings. The van der Waals surface area contributed by atoms with Gasteiger partial charge in [0.05, 0.1) is 25.8 Å². The lowest BCUT2D eigenvalue weighted by molar-refractivity contribution is -0.137. The van der Waals surface area contributed by atoms with Crippen molar-refractivity contribution in [2.45, 2.75) is 76.0 Å². The summed E-state index contributed by atoms with van der Waals surface area (Å²) in [7, 11) is 0. The van der Waals surface area contributed by atoms with Gasteiger partial charge in [-0.1, -0.05) is 19.3 Å². The summed E-state index contributed by atoms with van der Waals surface area (Å²) in [5, 5.41) is 20.6. The summed E-state index contributed by atoms with van der Waals surface area (Å²) in [6.45, 7) is -0.455. The third-order valence-corrected chi connectivity index (χ3v) is 7.48. The summed E-state index contributed by atoms with van der Waals surface area (Å²) in [6, 6.07) is -0.733. The largest absolute Gasteiger partial charge is 0.381 e. The standard InChI is InChI=1S/C27H39N7O6/c35-21(26(39)32-19-8-9-19)13-30-22(36)16-34(15-17-6-7-17)23(37)14-31-27(40)24(18-4-2-1-3-5-18)33-25(38)20-12-28-10-11-29-20/h10-12,17-19,21,24,35H,1-9,13-16H2,(H,30,36)(H,31,40)(H,32,39)(H,33,38). The maximum Gasteiger partial charge on any atom is 0.272 e. The number of amides is 5. The monoisotopic (exact) mass is 557 g/mol. The Morgan fingerprint density at radius 2 is 1.70 bits per heavy atom. The molecule has 0 radical (unpaired) electrons. The Labute approximate surface area is 233 Å². The molecule has 0 aliphatic heterocycles. The summed E-state index contributed by atoms with van der Waals surface area (Å²) in [6.07, 6.45) is 11.0. The Hall–Kier alpha value is -3.61. The minimum absolute atomic E-state index is 0.0682. The first-order valence-corrected chi connectivity index (χ1v) is 14.2. The molecular formula is C27H39N7O6. The van der Waals surface area contributed by atoms with E-state index in [4.69, 9.17) is 0 Å². The molecule has 1 heterocycles. The zero-order chi connectivity index (χ0) is 28.5. The van der Waals surface area contributed by atoms with E-state index in [0.29, 0.717) is 12.5 Å². The van der Waals surface area contributed by atoms with E-state index in [9.17, 15) is 29.1 Å². The van der Waals surface area contributed by atoms with Gasteiger partial charge in [-0.15, -0.1) is 0 Å². The van der Waals surface area contributed by atoms with Crippen LogP contribution >= 0.6 is 0 Å². The van der Waals surface area contributed by atoms with Crippen molar-refractivity contribution in [1.29, 1.82) is 0 Å². The molecule has 0 saturated heterocycles. The van der Waals surface area contributed by atoms with Crippen molar-refractivity contribution in [3.05, 3.63) is 24.3 Å². The molecule has 4 rings (SSSR count). The molecule has 2 atom stereocenters. The number of nitrogens with zero attached hydrogens (tertiary/aromatic N) is 3. The van der Waals surface area contributed by atoms with Gasteiger partial charge in [0, 0.05) is 25.0 Å². The molecular weight excluding hydrogens is 518 g/mol. The molecule has 1 aromatic heterocycles. The maximum atomic E-state index is 13.2. The van der Waals surface area contributed by atoms with Crippen LogP contribution in [0.5, 0.6) is 0 Å². The molecule has 2 unspecified atom stereocenters. The number of hydrogen-bond acceptors (Lipinski definition) is 8. The molecule has 0 spiro atoms. The van der Waals surface area contributed by atoms with Crippen LogP contribution in [0.2, 0.25) is 0 Å². The molecule has 218 valence electrons. The lowest BCUT2D eigenvalue weighted by atomic mass is 9.83. The molecule has 3 fully saturated rings. The average molecular weight is 558 g/mol. The number of aliphatic hydroxyl groups excluding tert-OH is 1. The predicted molar refractivity (Wildman–Crippen MR) is 142 cm³/mol. The number of nitrogens with one attached hydrogen (secondary N) is 4. The summed E-state index contributed by atoms with van der Waals surface area (Å²) in [4.78, 5) is 72.8. The SMILES string of the molecule is O=C(CN(CC1CC1)C(=O)CNC(=O)C(NC(=O)c1cnccn1)C1CCCCC1)NCC(O)C(=O)NC1CC1. The van der Waals surface area contributed by atoms with E-state index in [1.807, 2.05) is 0 Å². The zero-order valence-corrected chi connectivity index (χ0v) is 22.6. The van der Waals surface area contributed by atoms with Crippen molar-refractivity contribution in [2.75, 3.05) is 26.2 Å². The van der Waals surface area contributed by atoms with E-state index >= 15 is 0 Å². The summed E-state index contributed by atoms with van der Waals surface area (Å²) in [5.74, 6) is -2.20.